The highest BCUT2D eigenvalue weighted by atomic mass is 16.5. The maximum Gasteiger partial charge on any atom is 0.260 e. The second kappa shape index (κ2) is 8.85. The summed E-state index contributed by atoms with van der Waals surface area (Å²) in [6.45, 7) is 5.35. The van der Waals surface area contributed by atoms with Crippen LogP contribution in [0.1, 0.15) is 39.5 Å². The first kappa shape index (κ1) is 19.2. The van der Waals surface area contributed by atoms with Gasteiger partial charge < -0.3 is 19.7 Å². The van der Waals surface area contributed by atoms with E-state index in [4.69, 9.17) is 9.47 Å². The maximum atomic E-state index is 12.3. The summed E-state index contributed by atoms with van der Waals surface area (Å²) in [5.41, 5.74) is -0.188. The van der Waals surface area contributed by atoms with Crippen molar-refractivity contribution in [3.8, 4) is 5.75 Å². The Hall–Kier alpha value is -2.08. The van der Waals surface area contributed by atoms with Crippen LogP contribution in [0.4, 0.5) is 5.69 Å². The molecule has 0 aromatic heterocycles. The number of carbonyl (C=O) groups is 2. The topological polar surface area (TPSA) is 67.9 Å². The summed E-state index contributed by atoms with van der Waals surface area (Å²) in [6.07, 6.45) is 3.91. The quantitative estimate of drug-likeness (QED) is 0.823. The molecule has 1 heterocycles. The lowest BCUT2D eigenvalue weighted by Crippen LogP contribution is -2.41. The Morgan fingerprint density at radius 3 is 2.36 bits per heavy atom. The number of nitrogens with one attached hydrogen (secondary N) is 1. The minimum atomic E-state index is -0.851. The van der Waals surface area contributed by atoms with Crippen LogP contribution in [0.2, 0.25) is 0 Å². The lowest BCUT2D eigenvalue weighted by molar-refractivity contribution is -0.136. The monoisotopic (exact) mass is 348 g/mol. The van der Waals surface area contributed by atoms with E-state index in [1.165, 1.54) is 13.5 Å². The molecule has 1 aliphatic heterocycles. The van der Waals surface area contributed by atoms with Gasteiger partial charge >= 0.3 is 0 Å². The minimum absolute atomic E-state index is 0.0240. The number of hydrogen-bond acceptors (Lipinski definition) is 4. The number of likely N-dealkylation sites (tertiary alicyclic amines) is 1. The molecule has 0 saturated carbocycles. The fourth-order valence-electron chi connectivity index (χ4n) is 2.68. The van der Waals surface area contributed by atoms with Gasteiger partial charge in [-0.2, -0.15) is 0 Å². The summed E-state index contributed by atoms with van der Waals surface area (Å²) in [5.74, 6) is 0.440. The summed E-state index contributed by atoms with van der Waals surface area (Å²) in [5, 5.41) is 2.83. The van der Waals surface area contributed by atoms with Gasteiger partial charge in [-0.05, 0) is 56.9 Å². The summed E-state index contributed by atoms with van der Waals surface area (Å²) in [4.78, 5) is 26.2. The van der Waals surface area contributed by atoms with Crippen molar-refractivity contribution in [2.24, 2.45) is 0 Å². The number of carbonyl (C=O) groups excluding carboxylic acids is 2. The number of hydrogen-bond donors (Lipinski definition) is 1. The molecule has 0 spiro atoms. The van der Waals surface area contributed by atoms with Crippen LogP contribution >= 0.6 is 0 Å². The number of anilines is 1. The molecule has 138 valence electrons. The van der Waals surface area contributed by atoms with Crippen molar-refractivity contribution in [1.82, 2.24) is 4.90 Å². The van der Waals surface area contributed by atoms with E-state index in [0.717, 1.165) is 25.9 Å². The van der Waals surface area contributed by atoms with Gasteiger partial charge in [-0.25, -0.2) is 0 Å². The van der Waals surface area contributed by atoms with Crippen molar-refractivity contribution in [2.45, 2.75) is 45.1 Å². The molecule has 0 aliphatic carbocycles. The molecule has 2 amide bonds. The zero-order chi connectivity index (χ0) is 18.3. The van der Waals surface area contributed by atoms with Gasteiger partial charge in [0.1, 0.15) is 11.4 Å². The average molecular weight is 348 g/mol. The number of nitrogens with zero attached hydrogens (tertiary/aromatic N) is 1. The van der Waals surface area contributed by atoms with Crippen molar-refractivity contribution < 1.29 is 19.1 Å². The molecule has 25 heavy (non-hydrogen) atoms. The van der Waals surface area contributed by atoms with Crippen molar-refractivity contribution in [3.05, 3.63) is 24.3 Å². The maximum absolute atomic E-state index is 12.3. The number of piperidine rings is 1. The van der Waals surface area contributed by atoms with Gasteiger partial charge in [0, 0.05) is 25.9 Å². The predicted octanol–water partition coefficient (Wildman–Crippen LogP) is 2.83. The van der Waals surface area contributed by atoms with Gasteiger partial charge in [-0.15, -0.1) is 0 Å². The van der Waals surface area contributed by atoms with Gasteiger partial charge in [0.2, 0.25) is 0 Å². The molecule has 1 aromatic rings. The van der Waals surface area contributed by atoms with E-state index in [2.05, 4.69) is 5.32 Å². The Balaban J connectivity index is 1.85. The second-order valence-corrected chi connectivity index (χ2v) is 6.50. The van der Waals surface area contributed by atoms with E-state index >= 15 is 0 Å². The Kier molecular flexibility index (Phi) is 6.82. The molecule has 0 radical (unpaired) electrons. The second-order valence-electron chi connectivity index (χ2n) is 6.50. The van der Waals surface area contributed by atoms with Crippen LogP contribution in [0.5, 0.6) is 5.75 Å². The van der Waals surface area contributed by atoms with Crippen LogP contribution in [-0.2, 0) is 14.3 Å². The third-order valence-electron chi connectivity index (χ3n) is 4.79. The number of rotatable bonds is 7. The molecular formula is C19H28N2O4. The molecule has 2 rings (SSSR count). The fraction of sp³-hybridized carbons (Fsp3) is 0.579. The first-order chi connectivity index (χ1) is 12.0. The van der Waals surface area contributed by atoms with Crippen molar-refractivity contribution in [1.29, 1.82) is 0 Å². The molecule has 1 aliphatic rings. The van der Waals surface area contributed by atoms with Crippen molar-refractivity contribution in [2.75, 3.05) is 32.1 Å². The molecule has 0 bridgehead atoms. The highest BCUT2D eigenvalue weighted by molar-refractivity contribution is 5.97. The van der Waals surface area contributed by atoms with Crippen molar-refractivity contribution in [3.63, 3.8) is 0 Å². The summed E-state index contributed by atoms with van der Waals surface area (Å²) in [7, 11) is 1.53. The van der Waals surface area contributed by atoms with Gasteiger partial charge in [-0.3, -0.25) is 9.59 Å². The summed E-state index contributed by atoms with van der Waals surface area (Å²) in [6, 6.07) is 7.00. The first-order valence-electron chi connectivity index (χ1n) is 8.86. The normalized spacial score (nSPS) is 16.8. The molecule has 1 saturated heterocycles. The van der Waals surface area contributed by atoms with Crippen LogP contribution in [0.25, 0.3) is 0 Å². The summed E-state index contributed by atoms with van der Waals surface area (Å²) < 4.78 is 10.9. The number of benzene rings is 1. The largest absolute Gasteiger partial charge is 0.484 e. The Morgan fingerprint density at radius 1 is 1.16 bits per heavy atom. The van der Waals surface area contributed by atoms with E-state index in [9.17, 15) is 9.59 Å². The van der Waals surface area contributed by atoms with Crippen LogP contribution in [0.15, 0.2) is 24.3 Å². The third-order valence-corrected chi connectivity index (χ3v) is 4.79. The molecule has 1 N–H and O–H groups in total. The Bertz CT molecular complexity index is 576. The Morgan fingerprint density at radius 2 is 1.80 bits per heavy atom. The Labute approximate surface area is 149 Å². The SMILES string of the molecule is CC[C@@](C)(OC)C(=O)Nc1ccc(OCC(=O)N2CCCCC2)cc1. The standard InChI is InChI=1S/C19H28N2O4/c1-4-19(2,24-3)18(23)20-15-8-10-16(11-9-15)25-14-17(22)21-12-6-5-7-13-21/h8-11H,4-7,12-14H2,1-3H3,(H,20,23)/t19-/m1/s1. The van der Waals surface area contributed by atoms with Gasteiger partial charge in [0.15, 0.2) is 6.61 Å². The zero-order valence-electron chi connectivity index (χ0n) is 15.3. The zero-order valence-corrected chi connectivity index (χ0v) is 15.3. The summed E-state index contributed by atoms with van der Waals surface area (Å²) >= 11 is 0. The van der Waals surface area contributed by atoms with E-state index < -0.39 is 5.60 Å². The minimum Gasteiger partial charge on any atom is -0.484 e. The first-order valence-corrected chi connectivity index (χ1v) is 8.86. The molecule has 1 atom stereocenters. The molecule has 6 nitrogen and oxygen atoms in total. The lowest BCUT2D eigenvalue weighted by Gasteiger charge is -2.26. The van der Waals surface area contributed by atoms with Crippen LogP contribution in [-0.4, -0.2) is 49.1 Å². The van der Waals surface area contributed by atoms with Gasteiger partial charge in [0.25, 0.3) is 11.8 Å². The molecule has 1 fully saturated rings. The van der Waals surface area contributed by atoms with Crippen LogP contribution in [0.3, 0.4) is 0 Å². The molecule has 0 unspecified atom stereocenters. The van der Waals surface area contributed by atoms with Crippen LogP contribution in [0, 0.1) is 0 Å². The van der Waals surface area contributed by atoms with Crippen LogP contribution < -0.4 is 10.1 Å². The number of methoxy groups -OCH3 is 1. The van der Waals surface area contributed by atoms with E-state index in [-0.39, 0.29) is 18.4 Å². The van der Waals surface area contributed by atoms with E-state index in [0.29, 0.717) is 17.9 Å². The molecular weight excluding hydrogens is 320 g/mol. The number of ether oxygens (including phenoxy) is 2. The van der Waals surface area contributed by atoms with Crippen molar-refractivity contribution >= 4 is 17.5 Å². The lowest BCUT2D eigenvalue weighted by atomic mass is 10.0. The number of amides is 2. The van der Waals surface area contributed by atoms with Gasteiger partial charge in [-0.1, -0.05) is 6.92 Å². The predicted molar refractivity (Wildman–Crippen MR) is 96.7 cm³/mol. The smallest absolute Gasteiger partial charge is 0.260 e. The molecule has 1 aromatic carbocycles. The van der Waals surface area contributed by atoms with E-state index in [1.54, 1.807) is 31.2 Å². The van der Waals surface area contributed by atoms with E-state index in [1.807, 2.05) is 11.8 Å². The highest BCUT2D eigenvalue weighted by Crippen LogP contribution is 2.20. The average Bonchev–Trinajstić information content (AvgIpc) is 2.67. The third kappa shape index (κ3) is 5.19. The highest BCUT2D eigenvalue weighted by Gasteiger charge is 2.30. The fourth-order valence-corrected chi connectivity index (χ4v) is 2.68. The van der Waals surface area contributed by atoms with Gasteiger partial charge in [0.05, 0.1) is 0 Å². The molecule has 6 heteroatoms.